The fraction of sp³-hybridized carbons (Fsp3) is 0.500. The molecule has 0 fully saturated rings. The number of aliphatic hydroxyl groups is 2. The predicted octanol–water partition coefficient (Wildman–Crippen LogP) is -1.31. The van der Waals surface area contributed by atoms with Crippen LogP contribution in [0.4, 0.5) is 0 Å². The van der Waals surface area contributed by atoms with Crippen LogP contribution in [-0.4, -0.2) is 40.9 Å². The first-order valence-electron chi connectivity index (χ1n) is 2.90. The van der Waals surface area contributed by atoms with Gasteiger partial charge in [-0.2, -0.15) is 0 Å². The Hall–Kier alpha value is -1.07. The number of carbonyl (C=O) groups excluding carboxylic acids is 1. The lowest BCUT2D eigenvalue weighted by molar-refractivity contribution is -0.129. The fourth-order valence-corrected chi connectivity index (χ4v) is 0.445. The SMILES string of the molecule is CO/C=C(/O)C([OH2+])C(=O)CO. The maximum Gasteiger partial charge on any atom is 0.277 e. The first-order chi connectivity index (χ1) is 5.13. The number of methoxy groups -OCH3 is 1. The van der Waals surface area contributed by atoms with Crippen LogP contribution in [0.25, 0.3) is 0 Å². The van der Waals surface area contributed by atoms with E-state index < -0.39 is 24.3 Å². The number of Topliss-reactive ketones (excluding diaryl/α,β-unsaturated/α-hetero) is 1. The molecule has 4 N–H and O–H groups in total. The summed E-state index contributed by atoms with van der Waals surface area (Å²) in [4.78, 5) is 10.5. The Balaban J connectivity index is 4.12. The van der Waals surface area contributed by atoms with E-state index in [1.807, 2.05) is 0 Å². The van der Waals surface area contributed by atoms with Crippen molar-refractivity contribution in [2.24, 2.45) is 0 Å². The molecular weight excluding hydrogens is 152 g/mol. The first kappa shape index (κ1) is 9.93. The molecule has 0 heterocycles. The van der Waals surface area contributed by atoms with E-state index in [0.717, 1.165) is 6.26 Å². The van der Waals surface area contributed by atoms with E-state index >= 15 is 0 Å². The number of hydrogen-bond acceptors (Lipinski definition) is 4. The molecule has 0 radical (unpaired) electrons. The van der Waals surface area contributed by atoms with Crippen molar-refractivity contribution in [1.29, 1.82) is 0 Å². The molecule has 0 aliphatic rings. The van der Waals surface area contributed by atoms with E-state index in [0.29, 0.717) is 0 Å². The summed E-state index contributed by atoms with van der Waals surface area (Å²) in [5, 5.41) is 24.1. The van der Waals surface area contributed by atoms with Crippen LogP contribution in [0.5, 0.6) is 0 Å². The van der Waals surface area contributed by atoms with Crippen LogP contribution >= 0.6 is 0 Å². The van der Waals surface area contributed by atoms with Crippen molar-refractivity contribution in [2.45, 2.75) is 6.10 Å². The molecule has 5 heteroatoms. The average Bonchev–Trinajstić information content (AvgIpc) is 2.02. The van der Waals surface area contributed by atoms with E-state index in [1.54, 1.807) is 0 Å². The molecule has 0 aromatic carbocycles. The molecule has 0 aromatic rings. The summed E-state index contributed by atoms with van der Waals surface area (Å²) >= 11 is 0. The summed E-state index contributed by atoms with van der Waals surface area (Å²) < 4.78 is 4.35. The molecule has 11 heavy (non-hydrogen) atoms. The van der Waals surface area contributed by atoms with Crippen LogP contribution in [-0.2, 0) is 9.53 Å². The van der Waals surface area contributed by atoms with Crippen LogP contribution in [0.2, 0.25) is 0 Å². The van der Waals surface area contributed by atoms with Gasteiger partial charge in [-0.15, -0.1) is 0 Å². The van der Waals surface area contributed by atoms with E-state index in [2.05, 4.69) is 4.74 Å². The van der Waals surface area contributed by atoms with Crippen molar-refractivity contribution in [3.8, 4) is 0 Å². The van der Waals surface area contributed by atoms with Gasteiger partial charge in [-0.3, -0.25) is 4.79 Å². The smallest absolute Gasteiger partial charge is 0.277 e. The maximum absolute atomic E-state index is 10.5. The number of ketones is 1. The second kappa shape index (κ2) is 4.70. The predicted molar refractivity (Wildman–Crippen MR) is 37.2 cm³/mol. The van der Waals surface area contributed by atoms with Crippen molar-refractivity contribution in [2.75, 3.05) is 13.7 Å². The van der Waals surface area contributed by atoms with Gasteiger partial charge in [-0.25, -0.2) is 0 Å². The Morgan fingerprint density at radius 2 is 2.36 bits per heavy atom. The highest BCUT2D eigenvalue weighted by Crippen LogP contribution is 1.98. The zero-order valence-electron chi connectivity index (χ0n) is 6.07. The topological polar surface area (TPSA) is 89.7 Å². The summed E-state index contributed by atoms with van der Waals surface area (Å²) in [6.45, 7) is -0.754. The van der Waals surface area contributed by atoms with E-state index in [9.17, 15) is 4.79 Å². The second-order valence-electron chi connectivity index (χ2n) is 1.84. The minimum atomic E-state index is -1.44. The summed E-state index contributed by atoms with van der Waals surface area (Å²) in [7, 11) is 1.28. The summed E-state index contributed by atoms with van der Waals surface area (Å²) in [5.41, 5.74) is 0. The Morgan fingerprint density at radius 3 is 2.73 bits per heavy atom. The van der Waals surface area contributed by atoms with Gasteiger partial charge in [0.2, 0.25) is 11.5 Å². The zero-order chi connectivity index (χ0) is 8.85. The summed E-state index contributed by atoms with van der Waals surface area (Å²) in [6.07, 6.45) is -0.564. The highest BCUT2D eigenvalue weighted by molar-refractivity contribution is 5.86. The molecule has 0 saturated heterocycles. The lowest BCUT2D eigenvalue weighted by atomic mass is 10.2. The average molecular weight is 163 g/mol. The van der Waals surface area contributed by atoms with E-state index in [4.69, 9.17) is 15.3 Å². The van der Waals surface area contributed by atoms with Gasteiger partial charge in [-0.05, 0) is 0 Å². The van der Waals surface area contributed by atoms with Gasteiger partial charge in [-0.1, -0.05) is 0 Å². The van der Waals surface area contributed by atoms with Crippen LogP contribution in [0.3, 0.4) is 0 Å². The third-order valence-electron chi connectivity index (χ3n) is 1.01. The molecule has 0 aliphatic carbocycles. The number of hydrogen-bond donors (Lipinski definition) is 2. The minimum Gasteiger partial charge on any atom is -0.502 e. The molecule has 0 rings (SSSR count). The number of ether oxygens (including phenoxy) is 1. The fourth-order valence-electron chi connectivity index (χ4n) is 0.445. The highest BCUT2D eigenvalue weighted by atomic mass is 16.5. The Kier molecular flexibility index (Phi) is 4.24. The Bertz CT molecular complexity index is 162. The minimum absolute atomic E-state index is 0.508. The van der Waals surface area contributed by atoms with E-state index in [-0.39, 0.29) is 0 Å². The maximum atomic E-state index is 10.5. The van der Waals surface area contributed by atoms with Crippen molar-refractivity contribution in [3.05, 3.63) is 12.0 Å². The van der Waals surface area contributed by atoms with Gasteiger partial charge < -0.3 is 20.1 Å². The third kappa shape index (κ3) is 3.01. The van der Waals surface area contributed by atoms with Gasteiger partial charge in [0, 0.05) is 0 Å². The van der Waals surface area contributed by atoms with Gasteiger partial charge in [0.1, 0.15) is 12.9 Å². The van der Waals surface area contributed by atoms with Crippen molar-refractivity contribution in [1.82, 2.24) is 0 Å². The summed E-state index contributed by atoms with van der Waals surface area (Å²) in [6, 6.07) is 0. The lowest BCUT2D eigenvalue weighted by Crippen LogP contribution is -2.25. The molecular formula is C6H11O5+. The van der Waals surface area contributed by atoms with Crippen LogP contribution in [0.15, 0.2) is 12.0 Å². The molecule has 0 spiro atoms. The molecule has 1 unspecified atom stereocenters. The number of rotatable bonds is 4. The largest absolute Gasteiger partial charge is 0.502 e. The molecule has 64 valence electrons. The molecule has 0 aromatic heterocycles. The molecule has 5 nitrogen and oxygen atoms in total. The van der Waals surface area contributed by atoms with Crippen molar-refractivity contribution in [3.63, 3.8) is 0 Å². The van der Waals surface area contributed by atoms with Crippen LogP contribution in [0.1, 0.15) is 0 Å². The molecule has 1 atom stereocenters. The molecule has 0 saturated carbocycles. The van der Waals surface area contributed by atoms with Gasteiger partial charge in [0.25, 0.3) is 6.10 Å². The second-order valence-corrected chi connectivity index (χ2v) is 1.84. The van der Waals surface area contributed by atoms with Crippen LogP contribution < -0.4 is 0 Å². The van der Waals surface area contributed by atoms with Gasteiger partial charge in [0.15, 0.2) is 0 Å². The number of carbonyl (C=O) groups is 1. The number of aliphatic hydroxyl groups excluding tert-OH is 2. The van der Waals surface area contributed by atoms with Crippen molar-refractivity contribution >= 4 is 5.78 Å². The van der Waals surface area contributed by atoms with E-state index in [1.165, 1.54) is 7.11 Å². The Morgan fingerprint density at radius 1 is 1.82 bits per heavy atom. The highest BCUT2D eigenvalue weighted by Gasteiger charge is 2.23. The monoisotopic (exact) mass is 163 g/mol. The molecule has 0 bridgehead atoms. The Labute approximate surface area is 63.5 Å². The zero-order valence-corrected chi connectivity index (χ0v) is 6.07. The lowest BCUT2D eigenvalue weighted by Gasteiger charge is -2.01. The van der Waals surface area contributed by atoms with Crippen molar-refractivity contribution < 1.29 is 24.9 Å². The molecule has 0 aliphatic heterocycles. The summed E-state index contributed by atoms with van der Waals surface area (Å²) in [5.74, 6) is -1.28. The first-order valence-corrected chi connectivity index (χ1v) is 2.90. The third-order valence-corrected chi connectivity index (χ3v) is 1.01. The normalized spacial score (nSPS) is 14.3. The standard InChI is InChI=1S/C6H10O5/c1-11-3-5(9)6(10)4(8)2-7/h3,6-7,9-10H,2H2,1H3/p+1/b5-3+. The van der Waals surface area contributed by atoms with Gasteiger partial charge >= 0.3 is 0 Å². The van der Waals surface area contributed by atoms with Crippen LogP contribution in [0, 0.1) is 0 Å². The molecule has 0 amide bonds. The van der Waals surface area contributed by atoms with Gasteiger partial charge in [0.05, 0.1) is 7.11 Å². The quantitative estimate of drug-likeness (QED) is 0.397.